The molecule has 0 atom stereocenters. The van der Waals surface area contributed by atoms with Gasteiger partial charge in [0.2, 0.25) is 5.75 Å². The first kappa shape index (κ1) is 11.9. The van der Waals surface area contributed by atoms with Crippen molar-refractivity contribution >= 4 is 5.82 Å². The molecule has 1 saturated heterocycles. The molecule has 94 valence electrons. The van der Waals surface area contributed by atoms with Gasteiger partial charge in [-0.1, -0.05) is 0 Å². The van der Waals surface area contributed by atoms with Crippen LogP contribution in [0.2, 0.25) is 0 Å². The number of nitrogens with one attached hydrogen (secondary N) is 2. The largest absolute Gasteiger partial charge is 0.489 e. The summed E-state index contributed by atoms with van der Waals surface area (Å²) in [4.78, 5) is 18.0. The van der Waals surface area contributed by atoms with Gasteiger partial charge >= 0.3 is 0 Å². The maximum atomic E-state index is 11.4. The second-order valence-corrected chi connectivity index (χ2v) is 4.05. The minimum atomic E-state index is -0.267. The Morgan fingerprint density at radius 1 is 1.59 bits per heavy atom. The Hall–Kier alpha value is -1.56. The monoisotopic (exact) mass is 239 g/mol. The predicted octanol–water partition coefficient (Wildman–Crippen LogP) is 0.617. The first-order chi connectivity index (χ1) is 8.31. The van der Waals surface area contributed by atoms with E-state index in [1.54, 1.807) is 0 Å². The van der Waals surface area contributed by atoms with E-state index in [4.69, 9.17) is 9.47 Å². The molecule has 0 aromatic carbocycles. The number of hydrogen-bond donors (Lipinski definition) is 2. The van der Waals surface area contributed by atoms with Crippen LogP contribution in [0.5, 0.6) is 5.75 Å². The summed E-state index contributed by atoms with van der Waals surface area (Å²) < 4.78 is 10.3. The van der Waals surface area contributed by atoms with E-state index < -0.39 is 0 Å². The lowest BCUT2D eigenvalue weighted by atomic mass is 10.0. The third-order valence-corrected chi connectivity index (χ3v) is 2.91. The highest BCUT2D eigenvalue weighted by atomic mass is 16.5. The molecule has 0 aliphatic carbocycles. The maximum Gasteiger partial charge on any atom is 0.295 e. The van der Waals surface area contributed by atoms with Gasteiger partial charge in [-0.05, 0) is 18.8 Å². The molecule has 0 bridgehead atoms. The summed E-state index contributed by atoms with van der Waals surface area (Å²) in [6.07, 6.45) is 3.45. The number of rotatable bonds is 4. The molecule has 2 rings (SSSR count). The number of hydrogen-bond acceptors (Lipinski definition) is 5. The van der Waals surface area contributed by atoms with Crippen LogP contribution >= 0.6 is 0 Å². The molecule has 1 aliphatic heterocycles. The van der Waals surface area contributed by atoms with Gasteiger partial charge in [-0.3, -0.25) is 4.79 Å². The fourth-order valence-corrected chi connectivity index (χ4v) is 1.89. The van der Waals surface area contributed by atoms with Crippen LogP contribution in [-0.2, 0) is 4.74 Å². The maximum absolute atomic E-state index is 11.4. The number of nitrogens with zero attached hydrogens (tertiary/aromatic N) is 1. The molecule has 1 fully saturated rings. The topological polar surface area (TPSA) is 76.2 Å². The van der Waals surface area contributed by atoms with E-state index in [9.17, 15) is 4.79 Å². The van der Waals surface area contributed by atoms with E-state index in [0.29, 0.717) is 11.7 Å². The normalized spacial score (nSPS) is 16.8. The highest BCUT2D eigenvalue weighted by Crippen LogP contribution is 2.18. The zero-order valence-corrected chi connectivity index (χ0v) is 9.86. The molecule has 2 heterocycles. The van der Waals surface area contributed by atoms with Crippen molar-refractivity contribution < 1.29 is 9.47 Å². The van der Waals surface area contributed by atoms with E-state index in [1.165, 1.54) is 13.4 Å². The van der Waals surface area contributed by atoms with E-state index in [2.05, 4.69) is 15.3 Å². The Balaban J connectivity index is 1.98. The number of anilines is 1. The first-order valence-corrected chi connectivity index (χ1v) is 5.74. The lowest BCUT2D eigenvalue weighted by Crippen LogP contribution is -2.24. The predicted molar refractivity (Wildman–Crippen MR) is 63.4 cm³/mol. The van der Waals surface area contributed by atoms with Gasteiger partial charge in [0.15, 0.2) is 5.82 Å². The number of H-pyrrole nitrogens is 1. The van der Waals surface area contributed by atoms with Crippen LogP contribution < -0.4 is 15.6 Å². The van der Waals surface area contributed by atoms with Gasteiger partial charge in [0.1, 0.15) is 0 Å². The zero-order chi connectivity index (χ0) is 12.1. The molecule has 0 spiro atoms. The average Bonchev–Trinajstić information content (AvgIpc) is 2.37. The van der Waals surface area contributed by atoms with E-state index in [-0.39, 0.29) is 11.3 Å². The molecule has 1 aliphatic rings. The van der Waals surface area contributed by atoms with E-state index in [0.717, 1.165) is 32.6 Å². The van der Waals surface area contributed by atoms with Crippen molar-refractivity contribution in [1.29, 1.82) is 0 Å². The van der Waals surface area contributed by atoms with Gasteiger partial charge in [-0.25, -0.2) is 4.98 Å². The molecule has 0 radical (unpaired) electrons. The van der Waals surface area contributed by atoms with Crippen molar-refractivity contribution in [2.75, 3.05) is 32.2 Å². The standard InChI is InChI=1S/C11H17N3O3/c1-16-9-10(13-7-14-11(9)15)12-6-8-2-4-17-5-3-8/h7-8H,2-6H2,1H3,(H2,12,13,14,15). The fourth-order valence-electron chi connectivity index (χ4n) is 1.89. The molecule has 0 amide bonds. The highest BCUT2D eigenvalue weighted by Gasteiger charge is 2.15. The fraction of sp³-hybridized carbons (Fsp3) is 0.636. The van der Waals surface area contributed by atoms with Crippen molar-refractivity contribution in [3.63, 3.8) is 0 Å². The first-order valence-electron chi connectivity index (χ1n) is 5.74. The van der Waals surface area contributed by atoms with Crippen molar-refractivity contribution in [2.45, 2.75) is 12.8 Å². The third kappa shape index (κ3) is 2.97. The second kappa shape index (κ2) is 5.67. The number of ether oxygens (including phenoxy) is 2. The van der Waals surface area contributed by atoms with Gasteiger partial charge in [0.25, 0.3) is 5.56 Å². The van der Waals surface area contributed by atoms with Crippen LogP contribution in [0.4, 0.5) is 5.82 Å². The third-order valence-electron chi connectivity index (χ3n) is 2.91. The Kier molecular flexibility index (Phi) is 3.98. The summed E-state index contributed by atoms with van der Waals surface area (Å²) in [5.74, 6) is 1.30. The van der Waals surface area contributed by atoms with Gasteiger partial charge in [-0.2, -0.15) is 0 Å². The number of aromatic nitrogens is 2. The van der Waals surface area contributed by atoms with Crippen LogP contribution in [0.25, 0.3) is 0 Å². The minimum Gasteiger partial charge on any atom is -0.489 e. The van der Waals surface area contributed by atoms with E-state index in [1.807, 2.05) is 0 Å². The lowest BCUT2D eigenvalue weighted by molar-refractivity contribution is 0.0699. The Morgan fingerprint density at radius 3 is 3.06 bits per heavy atom. The summed E-state index contributed by atoms with van der Waals surface area (Å²) in [7, 11) is 1.46. The molecule has 1 aromatic rings. The smallest absolute Gasteiger partial charge is 0.295 e. The van der Waals surface area contributed by atoms with Crippen LogP contribution in [-0.4, -0.2) is 36.8 Å². The molecule has 1 aromatic heterocycles. The summed E-state index contributed by atoms with van der Waals surface area (Å²) >= 11 is 0. The molecule has 6 heteroatoms. The average molecular weight is 239 g/mol. The SMILES string of the molecule is COc1c(NCC2CCOCC2)nc[nH]c1=O. The summed E-state index contributed by atoms with van der Waals surface area (Å²) in [5, 5.41) is 3.16. The molecule has 17 heavy (non-hydrogen) atoms. The van der Waals surface area contributed by atoms with E-state index >= 15 is 0 Å². The van der Waals surface area contributed by atoms with Crippen molar-refractivity contribution in [3.05, 3.63) is 16.7 Å². The highest BCUT2D eigenvalue weighted by molar-refractivity contribution is 5.47. The Labute approximate surface area is 99.4 Å². The molecular formula is C11H17N3O3. The Morgan fingerprint density at radius 2 is 2.35 bits per heavy atom. The van der Waals surface area contributed by atoms with Crippen molar-refractivity contribution in [2.24, 2.45) is 5.92 Å². The molecule has 0 unspecified atom stereocenters. The molecular weight excluding hydrogens is 222 g/mol. The van der Waals surface area contributed by atoms with Crippen LogP contribution in [0.1, 0.15) is 12.8 Å². The van der Waals surface area contributed by atoms with Gasteiger partial charge in [0, 0.05) is 19.8 Å². The van der Waals surface area contributed by atoms with Gasteiger partial charge in [-0.15, -0.1) is 0 Å². The second-order valence-electron chi connectivity index (χ2n) is 4.05. The molecule has 6 nitrogen and oxygen atoms in total. The van der Waals surface area contributed by atoms with Crippen molar-refractivity contribution in [3.8, 4) is 5.75 Å². The minimum absolute atomic E-state index is 0.236. The Bertz CT molecular complexity index is 413. The van der Waals surface area contributed by atoms with Crippen LogP contribution in [0.15, 0.2) is 11.1 Å². The zero-order valence-electron chi connectivity index (χ0n) is 9.86. The summed E-state index contributed by atoms with van der Waals surface area (Å²) in [6.45, 7) is 2.41. The quantitative estimate of drug-likeness (QED) is 0.805. The summed E-state index contributed by atoms with van der Waals surface area (Å²) in [5.41, 5.74) is -0.267. The van der Waals surface area contributed by atoms with Gasteiger partial charge < -0.3 is 19.8 Å². The van der Waals surface area contributed by atoms with Crippen LogP contribution in [0.3, 0.4) is 0 Å². The molecule has 0 saturated carbocycles. The van der Waals surface area contributed by atoms with Gasteiger partial charge in [0.05, 0.1) is 13.4 Å². The van der Waals surface area contributed by atoms with Crippen LogP contribution in [0, 0.1) is 5.92 Å². The number of methoxy groups -OCH3 is 1. The number of aromatic amines is 1. The lowest BCUT2D eigenvalue weighted by Gasteiger charge is -2.22. The molecule has 2 N–H and O–H groups in total. The summed E-state index contributed by atoms with van der Waals surface area (Å²) in [6, 6.07) is 0. The van der Waals surface area contributed by atoms with Crippen molar-refractivity contribution in [1.82, 2.24) is 9.97 Å².